The van der Waals surface area contributed by atoms with Crippen LogP contribution in [-0.2, 0) is 13.1 Å². The molecule has 0 saturated carbocycles. The number of aromatic nitrogens is 2. The van der Waals surface area contributed by atoms with Gasteiger partial charge in [0.15, 0.2) is 5.96 Å². The molecule has 8 heteroatoms. The third kappa shape index (κ3) is 5.29. The molecule has 2 aromatic heterocycles. The van der Waals surface area contributed by atoms with Gasteiger partial charge in [0.25, 0.3) is 0 Å². The fourth-order valence-electron chi connectivity index (χ4n) is 2.98. The van der Waals surface area contributed by atoms with E-state index in [9.17, 15) is 0 Å². The maximum Gasteiger partial charge on any atom is 0.193 e. The van der Waals surface area contributed by atoms with Crippen LogP contribution in [0.25, 0.3) is 0 Å². The first-order valence-electron chi connectivity index (χ1n) is 8.55. The van der Waals surface area contributed by atoms with Crippen molar-refractivity contribution in [1.29, 1.82) is 0 Å². The number of nitrogens with zero attached hydrogens (tertiary/aromatic N) is 5. The number of halogens is 1. The number of rotatable bonds is 5. The van der Waals surface area contributed by atoms with E-state index in [-0.39, 0.29) is 0 Å². The lowest BCUT2D eigenvalue weighted by molar-refractivity contribution is 0.173. The minimum atomic E-state index is 0.831. The van der Waals surface area contributed by atoms with Gasteiger partial charge in [0, 0.05) is 57.4 Å². The van der Waals surface area contributed by atoms with Gasteiger partial charge in [-0.3, -0.25) is 14.6 Å². The molecule has 3 heterocycles. The second-order valence-electron chi connectivity index (χ2n) is 6.22. The van der Waals surface area contributed by atoms with Crippen molar-refractivity contribution in [3.63, 3.8) is 0 Å². The lowest BCUT2D eigenvalue weighted by atomic mass is 10.3. The number of thiophene rings is 1. The molecule has 3 rings (SSSR count). The minimum Gasteiger partial charge on any atom is -0.354 e. The molecule has 1 fully saturated rings. The summed E-state index contributed by atoms with van der Waals surface area (Å²) < 4.78 is 3.17. The van der Waals surface area contributed by atoms with Gasteiger partial charge in [-0.25, -0.2) is 0 Å². The molecule has 1 aliphatic heterocycles. The van der Waals surface area contributed by atoms with Crippen LogP contribution in [0.2, 0.25) is 0 Å². The van der Waals surface area contributed by atoms with Crippen LogP contribution in [0, 0.1) is 6.92 Å². The summed E-state index contributed by atoms with van der Waals surface area (Å²) in [7, 11) is 1.86. The third-order valence-electron chi connectivity index (χ3n) is 4.28. The summed E-state index contributed by atoms with van der Waals surface area (Å²) in [5, 5.41) is 7.77. The highest BCUT2D eigenvalue weighted by molar-refractivity contribution is 9.11. The lowest BCUT2D eigenvalue weighted by Gasteiger charge is -2.36. The quantitative estimate of drug-likeness (QED) is 0.591. The Bertz CT molecular complexity index is 702. The van der Waals surface area contributed by atoms with Crippen LogP contribution in [0.1, 0.15) is 10.4 Å². The van der Waals surface area contributed by atoms with E-state index in [2.05, 4.69) is 66.4 Å². The van der Waals surface area contributed by atoms with Gasteiger partial charge < -0.3 is 10.2 Å². The molecule has 0 aromatic carbocycles. The highest BCUT2D eigenvalue weighted by atomic mass is 79.9. The highest BCUT2D eigenvalue weighted by Gasteiger charge is 2.19. The molecule has 25 heavy (non-hydrogen) atoms. The Kier molecular flexibility index (Phi) is 6.50. The molecule has 6 nitrogen and oxygen atoms in total. The first kappa shape index (κ1) is 18.4. The average molecular weight is 425 g/mol. The molecule has 136 valence electrons. The molecule has 0 bridgehead atoms. The monoisotopic (exact) mass is 424 g/mol. The Morgan fingerprint density at radius 2 is 2.12 bits per heavy atom. The maximum absolute atomic E-state index is 4.44. The first-order valence-corrected chi connectivity index (χ1v) is 10.2. The van der Waals surface area contributed by atoms with Crippen LogP contribution in [0.4, 0.5) is 0 Å². The van der Waals surface area contributed by atoms with Gasteiger partial charge in [0.05, 0.1) is 16.5 Å². The minimum absolute atomic E-state index is 0.831. The number of nitrogens with one attached hydrogen (secondary N) is 1. The predicted octanol–water partition coefficient (Wildman–Crippen LogP) is 2.41. The Hall–Kier alpha value is -1.38. The summed E-state index contributed by atoms with van der Waals surface area (Å²) in [4.78, 5) is 10.7. The van der Waals surface area contributed by atoms with Crippen molar-refractivity contribution in [3.05, 3.63) is 38.8 Å². The van der Waals surface area contributed by atoms with Crippen molar-refractivity contribution < 1.29 is 0 Å². The molecule has 1 saturated heterocycles. The molecule has 1 aliphatic rings. The van der Waals surface area contributed by atoms with Gasteiger partial charge >= 0.3 is 0 Å². The largest absolute Gasteiger partial charge is 0.354 e. The van der Waals surface area contributed by atoms with Crippen LogP contribution in [0.15, 0.2) is 33.3 Å². The van der Waals surface area contributed by atoms with E-state index in [0.717, 1.165) is 51.8 Å². The lowest BCUT2D eigenvalue weighted by Crippen LogP contribution is -2.52. The van der Waals surface area contributed by atoms with Gasteiger partial charge in [-0.2, -0.15) is 5.10 Å². The second-order valence-corrected chi connectivity index (χ2v) is 8.77. The van der Waals surface area contributed by atoms with Crippen LogP contribution in [0.5, 0.6) is 0 Å². The van der Waals surface area contributed by atoms with Crippen molar-refractivity contribution in [2.24, 2.45) is 4.99 Å². The molecule has 2 aromatic rings. The van der Waals surface area contributed by atoms with Crippen molar-refractivity contribution in [1.82, 2.24) is 24.9 Å². The van der Waals surface area contributed by atoms with Gasteiger partial charge in [-0.15, -0.1) is 11.3 Å². The zero-order chi connectivity index (χ0) is 17.6. The van der Waals surface area contributed by atoms with Crippen molar-refractivity contribution in [2.75, 3.05) is 39.8 Å². The summed E-state index contributed by atoms with van der Waals surface area (Å²) in [5.41, 5.74) is 1.19. The fourth-order valence-corrected chi connectivity index (χ4v) is 4.50. The third-order valence-corrected chi connectivity index (χ3v) is 5.89. The number of hydrogen-bond acceptors (Lipinski definition) is 4. The van der Waals surface area contributed by atoms with Gasteiger partial charge in [0.1, 0.15) is 0 Å². The van der Waals surface area contributed by atoms with Gasteiger partial charge in [0.2, 0.25) is 0 Å². The zero-order valence-corrected chi connectivity index (χ0v) is 17.2. The fraction of sp³-hybridized carbons (Fsp3) is 0.529. The van der Waals surface area contributed by atoms with Crippen LogP contribution < -0.4 is 5.32 Å². The molecule has 1 N–H and O–H groups in total. The van der Waals surface area contributed by atoms with Crippen molar-refractivity contribution >= 4 is 33.2 Å². The van der Waals surface area contributed by atoms with E-state index in [1.54, 1.807) is 0 Å². The molecule has 0 spiro atoms. The summed E-state index contributed by atoms with van der Waals surface area (Å²) in [6.07, 6.45) is 3.95. The maximum atomic E-state index is 4.44. The average Bonchev–Trinajstić information content (AvgIpc) is 3.21. The smallest absolute Gasteiger partial charge is 0.193 e. The van der Waals surface area contributed by atoms with Crippen molar-refractivity contribution in [2.45, 2.75) is 20.0 Å². The topological polar surface area (TPSA) is 48.7 Å². The van der Waals surface area contributed by atoms with Crippen LogP contribution in [-0.4, -0.2) is 65.3 Å². The van der Waals surface area contributed by atoms with Gasteiger partial charge in [-0.1, -0.05) is 0 Å². The predicted molar refractivity (Wildman–Crippen MR) is 107 cm³/mol. The van der Waals surface area contributed by atoms with Crippen LogP contribution >= 0.6 is 27.3 Å². The molecular weight excluding hydrogens is 400 g/mol. The van der Waals surface area contributed by atoms with E-state index in [4.69, 9.17) is 0 Å². The Balaban J connectivity index is 1.42. The van der Waals surface area contributed by atoms with E-state index >= 15 is 0 Å². The normalized spacial score (nSPS) is 16.4. The number of guanidine groups is 1. The molecular formula is C17H25BrN6S. The van der Waals surface area contributed by atoms with E-state index in [0.29, 0.717) is 0 Å². The standard InChI is InChI=1S/C17H25BrN6S/c1-14-11-21-24(12-14)6-5-20-17(19-2)23-9-7-22(8-10-23)13-15-3-4-16(18)25-15/h3-4,11-12H,5-10,13H2,1-2H3,(H,19,20). The summed E-state index contributed by atoms with van der Waals surface area (Å²) in [5.74, 6) is 0.988. The molecule has 0 atom stereocenters. The van der Waals surface area contributed by atoms with Crippen molar-refractivity contribution in [3.8, 4) is 0 Å². The Morgan fingerprint density at radius 3 is 2.72 bits per heavy atom. The molecule has 0 amide bonds. The SMILES string of the molecule is CN=C(NCCn1cc(C)cn1)N1CCN(Cc2ccc(Br)s2)CC1. The first-order chi connectivity index (χ1) is 12.1. The zero-order valence-electron chi connectivity index (χ0n) is 14.8. The number of piperazine rings is 1. The molecule has 0 radical (unpaired) electrons. The van der Waals surface area contributed by atoms with E-state index in [1.807, 2.05) is 29.3 Å². The number of aliphatic imine (C=N–C) groups is 1. The molecule has 0 aliphatic carbocycles. The number of aryl methyl sites for hydroxylation is 1. The van der Waals surface area contributed by atoms with E-state index < -0.39 is 0 Å². The summed E-state index contributed by atoms with van der Waals surface area (Å²) in [6.45, 7) is 8.92. The number of hydrogen-bond donors (Lipinski definition) is 1. The highest BCUT2D eigenvalue weighted by Crippen LogP contribution is 2.23. The van der Waals surface area contributed by atoms with Gasteiger partial charge in [-0.05, 0) is 40.5 Å². The van der Waals surface area contributed by atoms with Crippen LogP contribution in [0.3, 0.4) is 0 Å². The summed E-state index contributed by atoms with van der Waals surface area (Å²) >= 11 is 5.36. The summed E-state index contributed by atoms with van der Waals surface area (Å²) in [6, 6.07) is 4.34. The van der Waals surface area contributed by atoms with E-state index in [1.165, 1.54) is 14.2 Å². The second kappa shape index (κ2) is 8.82. The Labute approximate surface area is 161 Å². The Morgan fingerprint density at radius 1 is 1.32 bits per heavy atom. The molecule has 0 unspecified atom stereocenters.